The highest BCUT2D eigenvalue weighted by atomic mass is 15.2. The van der Waals surface area contributed by atoms with Gasteiger partial charge in [0, 0.05) is 17.0 Å². The highest BCUT2D eigenvalue weighted by Gasteiger charge is 2.26. The molecule has 0 amide bonds. The summed E-state index contributed by atoms with van der Waals surface area (Å²) in [6.07, 6.45) is 1.04. The second-order valence-electron chi connectivity index (χ2n) is 6.39. The Kier molecular flexibility index (Phi) is 3.89. The van der Waals surface area contributed by atoms with Gasteiger partial charge in [-0.1, -0.05) is 44.2 Å². The Morgan fingerprint density at radius 3 is 2.30 bits per heavy atom. The van der Waals surface area contributed by atoms with Crippen molar-refractivity contribution in [3.05, 3.63) is 36.0 Å². The van der Waals surface area contributed by atoms with E-state index in [1.807, 2.05) is 18.2 Å². The Labute approximate surface area is 121 Å². The summed E-state index contributed by atoms with van der Waals surface area (Å²) in [5.41, 5.74) is 8.44. The first-order valence-electron chi connectivity index (χ1n) is 7.30. The molecule has 0 aliphatic rings. The first-order valence-corrected chi connectivity index (χ1v) is 7.30. The van der Waals surface area contributed by atoms with Crippen molar-refractivity contribution in [1.29, 1.82) is 0 Å². The van der Waals surface area contributed by atoms with Crippen LogP contribution in [0.15, 0.2) is 30.3 Å². The van der Waals surface area contributed by atoms with Crippen molar-refractivity contribution in [2.75, 3.05) is 5.73 Å². The Morgan fingerprint density at radius 2 is 1.80 bits per heavy atom. The molecule has 2 aromatic rings. The van der Waals surface area contributed by atoms with Crippen LogP contribution < -0.4 is 5.73 Å². The van der Waals surface area contributed by atoms with Gasteiger partial charge in [-0.2, -0.15) is 0 Å². The summed E-state index contributed by atoms with van der Waals surface area (Å²) in [4.78, 5) is 4.86. The quantitative estimate of drug-likeness (QED) is 0.899. The number of nitrogens with zero attached hydrogens (tertiary/aromatic N) is 2. The largest absolute Gasteiger partial charge is 0.384 e. The van der Waals surface area contributed by atoms with Crippen LogP contribution in [0.5, 0.6) is 0 Å². The molecule has 108 valence electrons. The van der Waals surface area contributed by atoms with Crippen LogP contribution in [0.1, 0.15) is 52.7 Å². The molecule has 0 fully saturated rings. The maximum atomic E-state index is 6.40. The van der Waals surface area contributed by atoms with E-state index in [4.69, 9.17) is 10.7 Å². The van der Waals surface area contributed by atoms with E-state index in [-0.39, 0.29) is 5.54 Å². The van der Waals surface area contributed by atoms with Crippen molar-refractivity contribution in [2.45, 2.75) is 52.5 Å². The monoisotopic (exact) mass is 271 g/mol. The predicted molar refractivity (Wildman–Crippen MR) is 85.8 cm³/mol. The van der Waals surface area contributed by atoms with Crippen molar-refractivity contribution < 1.29 is 0 Å². The molecule has 1 heterocycles. The molecule has 0 radical (unpaired) electrons. The summed E-state index contributed by atoms with van der Waals surface area (Å²) in [6, 6.07) is 10.3. The molecular weight excluding hydrogens is 246 g/mol. The minimum absolute atomic E-state index is 0.0893. The lowest BCUT2D eigenvalue weighted by molar-refractivity contribution is 0.406. The van der Waals surface area contributed by atoms with Gasteiger partial charge in [0.05, 0.1) is 5.69 Å². The Balaban J connectivity index is 2.67. The van der Waals surface area contributed by atoms with Crippen LogP contribution in [0.4, 0.5) is 5.82 Å². The average molecular weight is 271 g/mol. The van der Waals surface area contributed by atoms with Crippen molar-refractivity contribution in [2.24, 2.45) is 0 Å². The van der Waals surface area contributed by atoms with Gasteiger partial charge in [0.1, 0.15) is 11.6 Å². The number of hydrogen-bond acceptors (Lipinski definition) is 2. The molecule has 2 N–H and O–H groups in total. The highest BCUT2D eigenvalue weighted by molar-refractivity contribution is 5.61. The number of nitrogens with two attached hydrogens (primary N) is 1. The Bertz CT molecular complexity index is 576. The van der Waals surface area contributed by atoms with Crippen molar-refractivity contribution in [3.8, 4) is 11.4 Å². The zero-order valence-corrected chi connectivity index (χ0v) is 13.1. The van der Waals surface area contributed by atoms with Gasteiger partial charge >= 0.3 is 0 Å². The molecule has 3 nitrogen and oxygen atoms in total. The fourth-order valence-corrected chi connectivity index (χ4v) is 2.47. The van der Waals surface area contributed by atoms with E-state index >= 15 is 0 Å². The lowest BCUT2D eigenvalue weighted by Gasteiger charge is -2.25. The predicted octanol–water partition coefficient (Wildman–Crippen LogP) is 4.40. The number of nitrogen functional groups attached to an aromatic ring is 1. The standard InChI is InChI=1S/C17H25N3/c1-6-12(2)14-15(18)20(17(3,4)5)16(19-14)13-10-8-7-9-11-13/h7-12H,6,18H2,1-5H3. The van der Waals surface area contributed by atoms with Crippen LogP contribution in [0.25, 0.3) is 11.4 Å². The van der Waals surface area contributed by atoms with Crippen LogP contribution in [0.2, 0.25) is 0 Å². The van der Waals surface area contributed by atoms with Gasteiger partial charge in [0.15, 0.2) is 0 Å². The summed E-state index contributed by atoms with van der Waals surface area (Å²) >= 11 is 0. The van der Waals surface area contributed by atoms with Gasteiger partial charge in [-0.3, -0.25) is 0 Å². The third-order valence-electron chi connectivity index (χ3n) is 3.72. The van der Waals surface area contributed by atoms with E-state index in [0.29, 0.717) is 5.92 Å². The molecule has 1 atom stereocenters. The second-order valence-corrected chi connectivity index (χ2v) is 6.39. The van der Waals surface area contributed by atoms with Gasteiger partial charge in [0.2, 0.25) is 0 Å². The second kappa shape index (κ2) is 5.31. The molecule has 0 saturated heterocycles. The smallest absolute Gasteiger partial charge is 0.142 e. The maximum Gasteiger partial charge on any atom is 0.142 e. The van der Waals surface area contributed by atoms with Crippen LogP contribution in [0.3, 0.4) is 0 Å². The fraction of sp³-hybridized carbons (Fsp3) is 0.471. The van der Waals surface area contributed by atoms with Gasteiger partial charge in [-0.05, 0) is 27.2 Å². The first kappa shape index (κ1) is 14.6. The minimum Gasteiger partial charge on any atom is -0.384 e. The molecule has 0 bridgehead atoms. The number of rotatable bonds is 3. The molecule has 0 spiro atoms. The molecule has 3 heteroatoms. The topological polar surface area (TPSA) is 43.8 Å². The molecule has 0 aliphatic carbocycles. The van der Waals surface area contributed by atoms with E-state index < -0.39 is 0 Å². The van der Waals surface area contributed by atoms with E-state index in [1.54, 1.807) is 0 Å². The number of aromatic nitrogens is 2. The third-order valence-corrected chi connectivity index (χ3v) is 3.72. The highest BCUT2D eigenvalue weighted by Crippen LogP contribution is 2.34. The molecular formula is C17H25N3. The van der Waals surface area contributed by atoms with E-state index in [1.165, 1.54) is 0 Å². The Morgan fingerprint density at radius 1 is 1.20 bits per heavy atom. The molecule has 1 aromatic carbocycles. The van der Waals surface area contributed by atoms with Gasteiger partial charge in [0.25, 0.3) is 0 Å². The van der Waals surface area contributed by atoms with Crippen molar-refractivity contribution in [3.63, 3.8) is 0 Å². The number of imidazole rings is 1. The van der Waals surface area contributed by atoms with E-state index in [2.05, 4.69) is 51.3 Å². The average Bonchev–Trinajstić information content (AvgIpc) is 2.76. The van der Waals surface area contributed by atoms with Crippen LogP contribution in [-0.4, -0.2) is 9.55 Å². The van der Waals surface area contributed by atoms with Crippen molar-refractivity contribution in [1.82, 2.24) is 9.55 Å². The zero-order chi connectivity index (χ0) is 14.9. The maximum absolute atomic E-state index is 6.40. The third kappa shape index (κ3) is 2.58. The molecule has 0 aliphatic heterocycles. The first-order chi connectivity index (χ1) is 9.36. The number of benzene rings is 1. The molecule has 0 saturated carbocycles. The van der Waals surface area contributed by atoms with E-state index in [9.17, 15) is 0 Å². The van der Waals surface area contributed by atoms with E-state index in [0.717, 1.165) is 29.3 Å². The fourth-order valence-electron chi connectivity index (χ4n) is 2.47. The molecule has 1 unspecified atom stereocenters. The summed E-state index contributed by atoms with van der Waals surface area (Å²) in [6.45, 7) is 10.8. The van der Waals surface area contributed by atoms with Gasteiger partial charge in [-0.25, -0.2) is 4.98 Å². The van der Waals surface area contributed by atoms with Gasteiger partial charge < -0.3 is 10.3 Å². The minimum atomic E-state index is -0.0893. The lowest BCUT2D eigenvalue weighted by Crippen LogP contribution is -2.24. The molecule has 20 heavy (non-hydrogen) atoms. The Hall–Kier alpha value is -1.77. The normalized spacial score (nSPS) is 13.4. The summed E-state index contributed by atoms with van der Waals surface area (Å²) < 4.78 is 2.16. The summed E-state index contributed by atoms with van der Waals surface area (Å²) in [5.74, 6) is 2.14. The number of hydrogen-bond donors (Lipinski definition) is 1. The number of anilines is 1. The summed E-state index contributed by atoms with van der Waals surface area (Å²) in [7, 11) is 0. The van der Waals surface area contributed by atoms with Gasteiger partial charge in [-0.15, -0.1) is 0 Å². The molecule has 2 rings (SSSR count). The van der Waals surface area contributed by atoms with Crippen LogP contribution >= 0.6 is 0 Å². The SMILES string of the molecule is CCC(C)c1nc(-c2ccccc2)n(C(C)(C)C)c1N. The molecule has 1 aromatic heterocycles. The lowest BCUT2D eigenvalue weighted by atomic mass is 10.0. The zero-order valence-electron chi connectivity index (χ0n) is 13.1. The summed E-state index contributed by atoms with van der Waals surface area (Å²) in [5, 5.41) is 0. The van der Waals surface area contributed by atoms with Crippen LogP contribution in [0, 0.1) is 0 Å². The van der Waals surface area contributed by atoms with Crippen molar-refractivity contribution >= 4 is 5.82 Å². The van der Waals surface area contributed by atoms with Crippen LogP contribution in [-0.2, 0) is 5.54 Å².